The highest BCUT2D eigenvalue weighted by atomic mass is 16.2. The Morgan fingerprint density at radius 1 is 0.524 bits per heavy atom. The van der Waals surface area contributed by atoms with Gasteiger partial charge in [0.1, 0.15) is 6.04 Å². The normalized spacial score (nSPS) is 19.0. The summed E-state index contributed by atoms with van der Waals surface area (Å²) in [6.45, 7) is 4.08. The van der Waals surface area contributed by atoms with Gasteiger partial charge in [-0.15, -0.1) is 0 Å². The van der Waals surface area contributed by atoms with E-state index in [1.165, 1.54) is 6.42 Å². The van der Waals surface area contributed by atoms with Gasteiger partial charge in [0.05, 0.1) is 25.2 Å². The Labute approximate surface area is 486 Å². The van der Waals surface area contributed by atoms with E-state index in [1.54, 1.807) is 48.0 Å². The summed E-state index contributed by atoms with van der Waals surface area (Å²) in [5.74, 6) is -1.29. The van der Waals surface area contributed by atoms with Crippen LogP contribution in [0.15, 0.2) is 109 Å². The molecule has 6 N–H and O–H groups in total. The summed E-state index contributed by atoms with van der Waals surface area (Å²) in [7, 11) is 1.73. The van der Waals surface area contributed by atoms with Gasteiger partial charge in [0.2, 0.25) is 29.5 Å². The van der Waals surface area contributed by atoms with Crippen molar-refractivity contribution in [1.29, 1.82) is 0 Å². The van der Waals surface area contributed by atoms with E-state index >= 15 is 0 Å². The average Bonchev–Trinajstić information content (AvgIpc) is 3.72. The third kappa shape index (κ3) is 17.1. The standard InChI is InChI=1S/C66H89N9O7/c1-47(68-2)62(78)71-61(53-25-13-6-14-26-53)66(82)75-40-18-16-28-57(75)46-73(42-38-49-21-9-4-10-22-49)59(77)44-70-64(80)55-35-31-51(32-36-55)50-29-33-54(34-30-50)63(79)69-43-58(76)72(41-37-48-19-7-3-8-20-48)45-56-27-15-17-39-74(56)65(81)60(67)52-23-11-5-12-24-52/h3-4,7-10,19-22,29-36,47,52-53,56-57,60-61,68H,5-6,11-18,23-28,37-46,67H2,1-2H3,(H,69,79)(H,70,80)(H,71,78)/t47-,56-,57-,60-,61-/m0/s1. The van der Waals surface area contributed by atoms with E-state index in [-0.39, 0.29) is 72.5 Å². The number of carbonyl (C=O) groups excluding carboxylic acids is 7. The molecule has 4 aromatic carbocycles. The Kier molecular flexibility index (Phi) is 23.1. The lowest BCUT2D eigenvalue weighted by atomic mass is 9.82. The molecule has 82 heavy (non-hydrogen) atoms. The van der Waals surface area contributed by atoms with E-state index in [2.05, 4.69) is 21.3 Å². The summed E-state index contributed by atoms with van der Waals surface area (Å²) >= 11 is 0. The average molecular weight is 1120 g/mol. The van der Waals surface area contributed by atoms with Crippen LogP contribution in [0.5, 0.6) is 0 Å². The van der Waals surface area contributed by atoms with Crippen molar-refractivity contribution in [2.24, 2.45) is 17.6 Å². The van der Waals surface area contributed by atoms with E-state index in [1.807, 2.05) is 94.7 Å². The van der Waals surface area contributed by atoms with Gasteiger partial charge in [0.15, 0.2) is 0 Å². The summed E-state index contributed by atoms with van der Waals surface area (Å²) < 4.78 is 0. The molecular weight excluding hydrogens is 1030 g/mol. The molecule has 0 radical (unpaired) electrons. The van der Waals surface area contributed by atoms with Crippen molar-refractivity contribution >= 4 is 41.4 Å². The lowest BCUT2D eigenvalue weighted by Crippen LogP contribution is -2.60. The third-order valence-electron chi connectivity index (χ3n) is 17.8. The van der Waals surface area contributed by atoms with Crippen LogP contribution in [-0.4, -0.2) is 151 Å². The van der Waals surface area contributed by atoms with Gasteiger partial charge in [0.25, 0.3) is 11.8 Å². The van der Waals surface area contributed by atoms with Crippen molar-refractivity contribution in [3.63, 3.8) is 0 Å². The monoisotopic (exact) mass is 1120 g/mol. The van der Waals surface area contributed by atoms with Crippen LogP contribution in [0.2, 0.25) is 0 Å². The second-order valence-electron chi connectivity index (χ2n) is 23.4. The van der Waals surface area contributed by atoms with Gasteiger partial charge in [0, 0.05) is 62.5 Å². The number of nitrogens with zero attached hydrogens (tertiary/aromatic N) is 4. The van der Waals surface area contributed by atoms with Gasteiger partial charge in [-0.3, -0.25) is 33.6 Å². The van der Waals surface area contributed by atoms with E-state index < -0.39 is 24.0 Å². The first-order valence-electron chi connectivity index (χ1n) is 30.6. The molecule has 0 aromatic heterocycles. The van der Waals surface area contributed by atoms with Gasteiger partial charge in [-0.1, -0.05) is 123 Å². The van der Waals surface area contributed by atoms with Crippen LogP contribution in [-0.2, 0) is 36.8 Å². The van der Waals surface area contributed by atoms with Gasteiger partial charge >= 0.3 is 0 Å². The van der Waals surface area contributed by atoms with Crippen LogP contribution in [0, 0.1) is 11.8 Å². The number of likely N-dealkylation sites (N-methyl/N-ethyl adjacent to an activating group) is 1. The number of hydrogen-bond acceptors (Lipinski definition) is 9. The SMILES string of the molecule is CN[C@@H](C)C(=O)N[C@H](C(=O)N1CCCC[C@H]1CN(CCc1ccccc1)C(=O)CNC(=O)c1ccc(-c2ccc(C(=O)NCC(=O)N(CCc3ccccc3)C[C@@H]3CCCCN3C(=O)[C@@H](N)C3CCCCC3)cc2)cc1)C1CCCCC1. The minimum Gasteiger partial charge on any atom is -0.343 e. The summed E-state index contributed by atoms with van der Waals surface area (Å²) in [5, 5.41) is 11.8. The second-order valence-corrected chi connectivity index (χ2v) is 23.4. The largest absolute Gasteiger partial charge is 0.343 e. The van der Waals surface area contributed by atoms with Gasteiger partial charge in [-0.25, -0.2) is 0 Å². The van der Waals surface area contributed by atoms with E-state index in [0.29, 0.717) is 63.2 Å². The first kappa shape index (κ1) is 61.2. The second kappa shape index (κ2) is 30.9. The molecule has 2 aliphatic heterocycles. The van der Waals surface area contributed by atoms with Crippen LogP contribution < -0.4 is 27.0 Å². The Hall–Kier alpha value is -6.91. The van der Waals surface area contributed by atoms with Gasteiger partial charge in [-0.2, -0.15) is 0 Å². The number of likely N-dealkylation sites (tertiary alicyclic amines) is 2. The zero-order valence-electron chi connectivity index (χ0n) is 48.5. The zero-order chi connectivity index (χ0) is 57.8. The molecule has 8 rings (SSSR count). The first-order valence-corrected chi connectivity index (χ1v) is 30.6. The van der Waals surface area contributed by atoms with Crippen molar-refractivity contribution in [3.8, 4) is 11.1 Å². The van der Waals surface area contributed by atoms with Crippen LogP contribution in [0.4, 0.5) is 0 Å². The lowest BCUT2D eigenvalue weighted by Gasteiger charge is -2.42. The van der Waals surface area contributed by atoms with Crippen LogP contribution in [0.3, 0.4) is 0 Å². The number of amides is 7. The molecular formula is C66H89N9O7. The Morgan fingerprint density at radius 3 is 1.38 bits per heavy atom. The fourth-order valence-electron chi connectivity index (χ4n) is 12.6. The predicted octanol–water partition coefficient (Wildman–Crippen LogP) is 7.30. The summed E-state index contributed by atoms with van der Waals surface area (Å²) in [5.41, 5.74) is 11.2. The van der Waals surface area contributed by atoms with E-state index in [9.17, 15) is 33.6 Å². The van der Waals surface area contributed by atoms with Crippen molar-refractivity contribution in [3.05, 3.63) is 131 Å². The summed E-state index contributed by atoms with van der Waals surface area (Å²) in [6.07, 6.45) is 16.7. The smallest absolute Gasteiger partial charge is 0.251 e. The molecule has 16 heteroatoms. The summed E-state index contributed by atoms with van der Waals surface area (Å²) in [6, 6.07) is 32.1. The summed E-state index contributed by atoms with van der Waals surface area (Å²) in [4.78, 5) is 105. The molecule has 4 fully saturated rings. The molecule has 440 valence electrons. The van der Waals surface area contributed by atoms with Crippen molar-refractivity contribution in [1.82, 2.24) is 40.9 Å². The molecule has 2 saturated heterocycles. The minimum absolute atomic E-state index is 0.00947. The predicted molar refractivity (Wildman–Crippen MR) is 320 cm³/mol. The highest BCUT2D eigenvalue weighted by Crippen LogP contribution is 2.31. The topological polar surface area (TPSA) is 207 Å². The molecule has 4 aromatic rings. The van der Waals surface area contributed by atoms with Crippen LogP contribution in [0.1, 0.15) is 141 Å². The molecule has 0 spiro atoms. The van der Waals surface area contributed by atoms with Gasteiger partial charge < -0.3 is 46.6 Å². The molecule has 5 atom stereocenters. The molecule has 2 heterocycles. The Morgan fingerprint density at radius 2 is 0.939 bits per heavy atom. The zero-order valence-corrected chi connectivity index (χ0v) is 48.5. The highest BCUT2D eigenvalue weighted by molar-refractivity contribution is 5.98. The maximum absolute atomic E-state index is 14.6. The molecule has 0 unspecified atom stereocenters. The molecule has 4 aliphatic rings. The number of carbonyl (C=O) groups is 7. The minimum atomic E-state index is -0.632. The van der Waals surface area contributed by atoms with E-state index in [4.69, 9.17) is 5.73 Å². The molecule has 2 saturated carbocycles. The van der Waals surface area contributed by atoms with Crippen LogP contribution in [0.25, 0.3) is 11.1 Å². The fraction of sp³-hybridized carbons (Fsp3) is 0.530. The maximum Gasteiger partial charge on any atom is 0.251 e. The third-order valence-corrected chi connectivity index (χ3v) is 17.8. The number of benzene rings is 4. The number of rotatable bonds is 24. The van der Waals surface area contributed by atoms with Gasteiger partial charge in [-0.05, 0) is 149 Å². The number of piperidine rings is 2. The first-order chi connectivity index (χ1) is 39.9. The highest BCUT2D eigenvalue weighted by Gasteiger charge is 2.39. The lowest BCUT2D eigenvalue weighted by molar-refractivity contribution is -0.143. The number of nitrogens with one attached hydrogen (secondary N) is 4. The maximum atomic E-state index is 14.6. The Bertz CT molecular complexity index is 2710. The molecule has 16 nitrogen and oxygen atoms in total. The van der Waals surface area contributed by atoms with Crippen LogP contribution >= 0.6 is 0 Å². The molecule has 7 amide bonds. The van der Waals surface area contributed by atoms with Crippen molar-refractivity contribution < 1.29 is 33.6 Å². The molecule has 2 aliphatic carbocycles. The number of nitrogens with two attached hydrogens (primary N) is 1. The number of hydrogen-bond donors (Lipinski definition) is 5. The van der Waals surface area contributed by atoms with Crippen molar-refractivity contribution in [2.75, 3.05) is 59.4 Å². The van der Waals surface area contributed by atoms with Crippen molar-refractivity contribution in [2.45, 2.75) is 153 Å². The van der Waals surface area contributed by atoms with E-state index in [0.717, 1.165) is 119 Å². The molecule has 0 bridgehead atoms. The fourth-order valence-corrected chi connectivity index (χ4v) is 12.6. The quantitative estimate of drug-likeness (QED) is 0.0477. The Balaban J connectivity index is 0.863.